The van der Waals surface area contributed by atoms with Crippen molar-refractivity contribution in [2.45, 2.75) is 32.4 Å². The van der Waals surface area contributed by atoms with Gasteiger partial charge in [-0.25, -0.2) is 4.98 Å². The number of likely N-dealkylation sites (N-methyl/N-ethyl adjacent to an activating group) is 1. The molecule has 1 fully saturated rings. The zero-order chi connectivity index (χ0) is 10.7. The van der Waals surface area contributed by atoms with Gasteiger partial charge in [0.25, 0.3) is 0 Å². The number of piperidine rings is 1. The number of rotatable bonds is 3. The van der Waals surface area contributed by atoms with Crippen molar-refractivity contribution in [2.24, 2.45) is 5.73 Å². The van der Waals surface area contributed by atoms with Crippen LogP contribution in [-0.2, 0) is 6.54 Å². The highest BCUT2D eigenvalue weighted by molar-refractivity contribution is 5.00. The van der Waals surface area contributed by atoms with Crippen LogP contribution < -0.4 is 5.73 Å². The summed E-state index contributed by atoms with van der Waals surface area (Å²) in [6.07, 6.45) is 6.33. The van der Waals surface area contributed by atoms with Gasteiger partial charge in [-0.05, 0) is 25.9 Å². The van der Waals surface area contributed by atoms with Crippen LogP contribution in [0.1, 0.15) is 31.5 Å². The van der Waals surface area contributed by atoms with Gasteiger partial charge >= 0.3 is 0 Å². The molecule has 1 saturated heterocycles. The molecule has 2 rings (SSSR count). The second-order valence-corrected chi connectivity index (χ2v) is 4.19. The Hall–Kier alpha value is -0.870. The second kappa shape index (κ2) is 4.77. The number of hydrogen-bond donors (Lipinski definition) is 1. The van der Waals surface area contributed by atoms with Crippen LogP contribution in [0.5, 0.6) is 0 Å². The molecule has 4 nitrogen and oxygen atoms in total. The predicted octanol–water partition coefficient (Wildman–Crippen LogP) is 0.999. The zero-order valence-electron chi connectivity index (χ0n) is 9.39. The van der Waals surface area contributed by atoms with Gasteiger partial charge in [0.15, 0.2) is 0 Å². The predicted molar refractivity (Wildman–Crippen MR) is 60.5 cm³/mol. The van der Waals surface area contributed by atoms with Crippen molar-refractivity contribution in [1.82, 2.24) is 14.5 Å². The Morgan fingerprint density at radius 1 is 1.60 bits per heavy atom. The first-order chi connectivity index (χ1) is 7.35. The molecule has 0 aromatic carbocycles. The van der Waals surface area contributed by atoms with Gasteiger partial charge in [-0.2, -0.15) is 0 Å². The SMILES string of the molecule is CCN1CCCC(n2cncc2CN)C1. The van der Waals surface area contributed by atoms with E-state index in [1.807, 2.05) is 12.5 Å². The maximum absolute atomic E-state index is 5.69. The van der Waals surface area contributed by atoms with E-state index in [4.69, 9.17) is 5.73 Å². The van der Waals surface area contributed by atoms with Crippen LogP contribution in [0.4, 0.5) is 0 Å². The molecule has 1 aliphatic rings. The lowest BCUT2D eigenvalue weighted by molar-refractivity contribution is 0.183. The summed E-state index contributed by atoms with van der Waals surface area (Å²) in [7, 11) is 0. The highest BCUT2D eigenvalue weighted by atomic mass is 15.2. The van der Waals surface area contributed by atoms with Crippen molar-refractivity contribution in [3.8, 4) is 0 Å². The average molecular weight is 208 g/mol. The van der Waals surface area contributed by atoms with E-state index < -0.39 is 0 Å². The van der Waals surface area contributed by atoms with Crippen LogP contribution >= 0.6 is 0 Å². The number of hydrogen-bond acceptors (Lipinski definition) is 3. The maximum Gasteiger partial charge on any atom is 0.0951 e. The standard InChI is InChI=1S/C11H20N4/c1-2-14-5-3-4-10(8-14)15-9-13-7-11(15)6-12/h7,9-10H,2-6,8,12H2,1H3. The normalized spacial score (nSPS) is 23.2. The molecule has 2 N–H and O–H groups in total. The molecule has 0 saturated carbocycles. The fraction of sp³-hybridized carbons (Fsp3) is 0.727. The number of aromatic nitrogens is 2. The molecule has 84 valence electrons. The minimum atomic E-state index is 0.569. The largest absolute Gasteiger partial charge is 0.329 e. The summed E-state index contributed by atoms with van der Waals surface area (Å²) in [4.78, 5) is 6.68. The van der Waals surface area contributed by atoms with Crippen molar-refractivity contribution in [2.75, 3.05) is 19.6 Å². The highest BCUT2D eigenvalue weighted by Crippen LogP contribution is 2.22. The van der Waals surface area contributed by atoms with Gasteiger partial charge in [-0.1, -0.05) is 6.92 Å². The third kappa shape index (κ3) is 2.21. The summed E-state index contributed by atoms with van der Waals surface area (Å²) >= 11 is 0. The van der Waals surface area contributed by atoms with Crippen LogP contribution in [0.3, 0.4) is 0 Å². The first-order valence-corrected chi connectivity index (χ1v) is 5.78. The summed E-state index contributed by atoms with van der Waals surface area (Å²) in [5, 5.41) is 0. The van der Waals surface area contributed by atoms with Crippen LogP contribution in [0.25, 0.3) is 0 Å². The van der Waals surface area contributed by atoms with Gasteiger partial charge in [-0.3, -0.25) is 0 Å². The minimum absolute atomic E-state index is 0.569. The van der Waals surface area contributed by atoms with Gasteiger partial charge in [0.1, 0.15) is 0 Å². The van der Waals surface area contributed by atoms with E-state index in [2.05, 4.69) is 21.4 Å². The van der Waals surface area contributed by atoms with Crippen LogP contribution in [0.2, 0.25) is 0 Å². The topological polar surface area (TPSA) is 47.1 Å². The van der Waals surface area contributed by atoms with E-state index in [1.165, 1.54) is 19.4 Å². The molecule has 1 unspecified atom stereocenters. The molecular weight excluding hydrogens is 188 g/mol. The number of nitrogens with two attached hydrogens (primary N) is 1. The molecule has 15 heavy (non-hydrogen) atoms. The number of imidazole rings is 1. The quantitative estimate of drug-likeness (QED) is 0.806. The molecule has 4 heteroatoms. The Morgan fingerprint density at radius 2 is 2.47 bits per heavy atom. The Balaban J connectivity index is 2.09. The zero-order valence-corrected chi connectivity index (χ0v) is 9.39. The Labute approximate surface area is 91.1 Å². The van der Waals surface area contributed by atoms with Crippen LogP contribution in [0, 0.1) is 0 Å². The molecule has 0 aliphatic carbocycles. The van der Waals surface area contributed by atoms with Crippen molar-refractivity contribution >= 4 is 0 Å². The molecule has 0 bridgehead atoms. The van der Waals surface area contributed by atoms with Crippen LogP contribution in [-0.4, -0.2) is 34.1 Å². The fourth-order valence-electron chi connectivity index (χ4n) is 2.36. The number of nitrogens with zero attached hydrogens (tertiary/aromatic N) is 3. The van der Waals surface area contributed by atoms with E-state index in [0.29, 0.717) is 12.6 Å². The summed E-state index contributed by atoms with van der Waals surface area (Å²) in [6, 6.07) is 0.569. The lowest BCUT2D eigenvalue weighted by Gasteiger charge is -2.33. The molecule has 1 aliphatic heterocycles. The van der Waals surface area contributed by atoms with Crippen molar-refractivity contribution in [1.29, 1.82) is 0 Å². The van der Waals surface area contributed by atoms with E-state index in [1.54, 1.807) is 0 Å². The van der Waals surface area contributed by atoms with E-state index in [9.17, 15) is 0 Å². The molecule has 1 aromatic heterocycles. The van der Waals surface area contributed by atoms with Crippen molar-refractivity contribution in [3.63, 3.8) is 0 Å². The Morgan fingerprint density at radius 3 is 3.20 bits per heavy atom. The van der Waals surface area contributed by atoms with Gasteiger partial charge in [-0.15, -0.1) is 0 Å². The molecule has 0 amide bonds. The van der Waals surface area contributed by atoms with E-state index in [0.717, 1.165) is 18.8 Å². The third-order valence-electron chi connectivity index (χ3n) is 3.28. The van der Waals surface area contributed by atoms with Crippen molar-refractivity contribution in [3.05, 3.63) is 18.2 Å². The summed E-state index contributed by atoms with van der Waals surface area (Å²) in [5.41, 5.74) is 6.85. The van der Waals surface area contributed by atoms with Crippen LogP contribution in [0.15, 0.2) is 12.5 Å². The molecule has 2 heterocycles. The summed E-state index contributed by atoms with van der Waals surface area (Å²) < 4.78 is 2.25. The van der Waals surface area contributed by atoms with Gasteiger partial charge in [0, 0.05) is 25.3 Å². The summed E-state index contributed by atoms with van der Waals surface area (Å²) in [5.74, 6) is 0. The third-order valence-corrected chi connectivity index (χ3v) is 3.28. The van der Waals surface area contributed by atoms with Gasteiger partial charge in [0.2, 0.25) is 0 Å². The Kier molecular flexibility index (Phi) is 3.38. The second-order valence-electron chi connectivity index (χ2n) is 4.19. The highest BCUT2D eigenvalue weighted by Gasteiger charge is 2.21. The van der Waals surface area contributed by atoms with Gasteiger partial charge in [0.05, 0.1) is 12.0 Å². The average Bonchev–Trinajstić information content (AvgIpc) is 2.77. The number of likely N-dealkylation sites (tertiary alicyclic amines) is 1. The fourth-order valence-corrected chi connectivity index (χ4v) is 2.36. The van der Waals surface area contributed by atoms with Gasteiger partial charge < -0.3 is 15.2 Å². The smallest absolute Gasteiger partial charge is 0.0951 e. The molecule has 0 spiro atoms. The monoisotopic (exact) mass is 208 g/mol. The molecular formula is C11H20N4. The molecule has 1 aromatic rings. The molecule has 0 radical (unpaired) electrons. The van der Waals surface area contributed by atoms with E-state index in [-0.39, 0.29) is 0 Å². The minimum Gasteiger partial charge on any atom is -0.329 e. The first kappa shape index (κ1) is 10.6. The van der Waals surface area contributed by atoms with E-state index >= 15 is 0 Å². The molecule has 1 atom stereocenters. The van der Waals surface area contributed by atoms with Crippen molar-refractivity contribution < 1.29 is 0 Å². The lowest BCUT2D eigenvalue weighted by atomic mass is 10.1. The lowest BCUT2D eigenvalue weighted by Crippen LogP contribution is -2.36. The first-order valence-electron chi connectivity index (χ1n) is 5.78. The maximum atomic E-state index is 5.69. The summed E-state index contributed by atoms with van der Waals surface area (Å²) in [6.45, 7) is 6.32. The Bertz CT molecular complexity index is 307.